The molecule has 1 aromatic carbocycles. The number of aryl methyl sites for hydroxylation is 1. The number of amides is 2. The summed E-state index contributed by atoms with van der Waals surface area (Å²) < 4.78 is 0. The number of anilines is 2. The Balaban J connectivity index is 1.60. The quantitative estimate of drug-likeness (QED) is 0.597. The largest absolute Gasteiger partial charge is 0.383 e. The number of pyridine rings is 2. The fraction of sp³-hybridized carbons (Fsp3) is 0.320. The van der Waals surface area contributed by atoms with Gasteiger partial charge in [-0.2, -0.15) is 5.26 Å². The first-order valence-corrected chi connectivity index (χ1v) is 11.1. The molecule has 0 bridgehead atoms. The van der Waals surface area contributed by atoms with Gasteiger partial charge in [-0.3, -0.25) is 9.59 Å². The molecule has 33 heavy (non-hydrogen) atoms. The van der Waals surface area contributed by atoms with Crippen LogP contribution in [0.3, 0.4) is 0 Å². The summed E-state index contributed by atoms with van der Waals surface area (Å²) in [5.74, 6) is -0.587. The Labute approximate surface area is 192 Å². The molecule has 8 nitrogen and oxygen atoms in total. The molecule has 2 atom stereocenters. The second kappa shape index (κ2) is 9.25. The van der Waals surface area contributed by atoms with Gasteiger partial charge in [0.15, 0.2) is 0 Å². The molecule has 0 unspecified atom stereocenters. The minimum atomic E-state index is -0.701. The van der Waals surface area contributed by atoms with Crippen LogP contribution in [0.2, 0.25) is 0 Å². The molecular weight excluding hydrogens is 416 g/mol. The fourth-order valence-electron chi connectivity index (χ4n) is 4.31. The second-order valence-electron chi connectivity index (χ2n) is 8.49. The van der Waals surface area contributed by atoms with Crippen LogP contribution in [0.25, 0.3) is 10.9 Å². The number of nitriles is 1. The van der Waals surface area contributed by atoms with Gasteiger partial charge in [0.1, 0.15) is 17.6 Å². The van der Waals surface area contributed by atoms with Crippen molar-refractivity contribution < 1.29 is 9.59 Å². The van der Waals surface area contributed by atoms with E-state index in [2.05, 4.69) is 28.3 Å². The first-order chi connectivity index (χ1) is 15.9. The van der Waals surface area contributed by atoms with Gasteiger partial charge in [-0.05, 0) is 60.6 Å². The van der Waals surface area contributed by atoms with Crippen LogP contribution in [0, 0.1) is 17.2 Å². The van der Waals surface area contributed by atoms with Gasteiger partial charge in [0.05, 0.1) is 23.4 Å². The molecule has 1 aliphatic heterocycles. The third-order valence-corrected chi connectivity index (χ3v) is 6.13. The summed E-state index contributed by atoms with van der Waals surface area (Å²) in [5.41, 5.74) is 9.04. The van der Waals surface area contributed by atoms with Crippen molar-refractivity contribution in [3.05, 3.63) is 59.4 Å². The van der Waals surface area contributed by atoms with E-state index in [4.69, 9.17) is 11.0 Å². The van der Waals surface area contributed by atoms with Crippen molar-refractivity contribution in [1.82, 2.24) is 14.9 Å². The molecule has 8 heteroatoms. The van der Waals surface area contributed by atoms with Crippen LogP contribution in [-0.4, -0.2) is 33.2 Å². The number of likely N-dealkylation sites (tertiary alicyclic amines) is 1. The highest BCUT2D eigenvalue weighted by Gasteiger charge is 2.34. The number of aromatic nitrogens is 2. The zero-order chi connectivity index (χ0) is 23.5. The van der Waals surface area contributed by atoms with Crippen molar-refractivity contribution >= 4 is 34.2 Å². The van der Waals surface area contributed by atoms with E-state index in [-0.39, 0.29) is 12.0 Å². The monoisotopic (exact) mass is 442 g/mol. The van der Waals surface area contributed by atoms with Crippen molar-refractivity contribution in [3.63, 3.8) is 0 Å². The van der Waals surface area contributed by atoms with Gasteiger partial charge in [-0.25, -0.2) is 9.97 Å². The number of carbonyl (C=O) groups is 2. The summed E-state index contributed by atoms with van der Waals surface area (Å²) in [5, 5.41) is 12.8. The summed E-state index contributed by atoms with van der Waals surface area (Å²) in [6.45, 7) is 4.51. The number of nitrogens with two attached hydrogens (primary N) is 1. The molecular formula is C25H26N6O2. The summed E-state index contributed by atoms with van der Waals surface area (Å²) in [6.07, 6.45) is 3.82. The van der Waals surface area contributed by atoms with Gasteiger partial charge in [-0.15, -0.1) is 0 Å². The lowest BCUT2D eigenvalue weighted by molar-refractivity contribution is -0.146. The fourth-order valence-corrected chi connectivity index (χ4v) is 4.31. The number of benzene rings is 1. The Bertz CT molecular complexity index is 1270. The lowest BCUT2D eigenvalue weighted by atomic mass is 9.89. The highest BCUT2D eigenvalue weighted by atomic mass is 16.2. The smallest absolute Gasteiger partial charge is 0.313 e. The third-order valence-electron chi connectivity index (χ3n) is 6.13. The Kier molecular flexibility index (Phi) is 6.22. The molecule has 2 aromatic heterocycles. The van der Waals surface area contributed by atoms with Crippen LogP contribution < -0.4 is 11.1 Å². The summed E-state index contributed by atoms with van der Waals surface area (Å²) >= 11 is 0. The van der Waals surface area contributed by atoms with Crippen LogP contribution in [0.5, 0.6) is 0 Å². The van der Waals surface area contributed by atoms with E-state index >= 15 is 0 Å². The van der Waals surface area contributed by atoms with Crippen molar-refractivity contribution in [1.29, 1.82) is 5.26 Å². The first-order valence-electron chi connectivity index (χ1n) is 11.1. The Morgan fingerprint density at radius 2 is 2.03 bits per heavy atom. The number of hydrogen-bond acceptors (Lipinski definition) is 6. The van der Waals surface area contributed by atoms with Crippen molar-refractivity contribution in [3.8, 4) is 6.07 Å². The van der Waals surface area contributed by atoms with Gasteiger partial charge >= 0.3 is 11.8 Å². The minimum absolute atomic E-state index is 0.243. The predicted octanol–water partition coefficient (Wildman–Crippen LogP) is 3.58. The van der Waals surface area contributed by atoms with Gasteiger partial charge in [0.2, 0.25) is 0 Å². The van der Waals surface area contributed by atoms with Crippen LogP contribution in [0.1, 0.15) is 49.6 Å². The number of piperidine rings is 1. The maximum atomic E-state index is 13.2. The number of nitrogens with one attached hydrogen (secondary N) is 1. The number of nitrogen functional groups attached to an aromatic ring is 1. The molecule has 0 saturated carbocycles. The van der Waals surface area contributed by atoms with Crippen molar-refractivity contribution in [2.24, 2.45) is 5.92 Å². The SMILES string of the molecule is CCc1cc(NC(=O)C(=O)N2C[C@@H](C)CC[C@@H]2c2ccc3ccc(C#N)nc3c2)cnc1N. The second-order valence-corrected chi connectivity index (χ2v) is 8.49. The minimum Gasteiger partial charge on any atom is -0.383 e. The van der Waals surface area contributed by atoms with E-state index in [0.29, 0.717) is 35.7 Å². The zero-order valence-electron chi connectivity index (χ0n) is 18.7. The first kappa shape index (κ1) is 22.2. The molecule has 0 spiro atoms. The molecule has 168 valence electrons. The lowest BCUT2D eigenvalue weighted by Gasteiger charge is -2.38. The normalized spacial score (nSPS) is 18.0. The van der Waals surface area contributed by atoms with Gasteiger partial charge in [-0.1, -0.05) is 26.0 Å². The van der Waals surface area contributed by atoms with Crippen LogP contribution >= 0.6 is 0 Å². The van der Waals surface area contributed by atoms with Crippen LogP contribution in [-0.2, 0) is 16.0 Å². The Morgan fingerprint density at radius 3 is 2.79 bits per heavy atom. The topological polar surface area (TPSA) is 125 Å². The van der Waals surface area contributed by atoms with E-state index in [1.165, 1.54) is 6.20 Å². The predicted molar refractivity (Wildman–Crippen MR) is 126 cm³/mol. The lowest BCUT2D eigenvalue weighted by Crippen LogP contribution is -2.46. The van der Waals surface area contributed by atoms with Crippen molar-refractivity contribution in [2.45, 2.75) is 39.2 Å². The molecule has 1 aliphatic rings. The van der Waals surface area contributed by atoms with Crippen LogP contribution in [0.4, 0.5) is 11.5 Å². The summed E-state index contributed by atoms with van der Waals surface area (Å²) in [6, 6.07) is 12.9. The van der Waals surface area contributed by atoms with Crippen LogP contribution in [0.15, 0.2) is 42.6 Å². The third kappa shape index (κ3) is 4.62. The zero-order valence-corrected chi connectivity index (χ0v) is 18.7. The average Bonchev–Trinajstić information content (AvgIpc) is 2.83. The maximum absolute atomic E-state index is 13.2. The molecule has 0 radical (unpaired) electrons. The Morgan fingerprint density at radius 1 is 1.24 bits per heavy atom. The van der Waals surface area contributed by atoms with Crippen molar-refractivity contribution in [2.75, 3.05) is 17.6 Å². The molecule has 4 rings (SSSR count). The van der Waals surface area contributed by atoms with E-state index in [1.807, 2.05) is 31.2 Å². The summed E-state index contributed by atoms with van der Waals surface area (Å²) in [7, 11) is 0. The molecule has 0 aliphatic carbocycles. The molecule has 2 amide bonds. The maximum Gasteiger partial charge on any atom is 0.313 e. The number of hydrogen-bond donors (Lipinski definition) is 2. The van der Waals surface area contributed by atoms with Gasteiger partial charge in [0.25, 0.3) is 0 Å². The number of carbonyl (C=O) groups excluding carboxylic acids is 2. The van der Waals surface area contributed by atoms with E-state index in [9.17, 15) is 9.59 Å². The molecule has 1 fully saturated rings. The van der Waals surface area contributed by atoms with Gasteiger partial charge < -0.3 is 16.0 Å². The summed E-state index contributed by atoms with van der Waals surface area (Å²) in [4.78, 5) is 36.2. The van der Waals surface area contributed by atoms with E-state index in [1.54, 1.807) is 17.0 Å². The number of fused-ring (bicyclic) bond motifs is 1. The molecule has 3 N–H and O–H groups in total. The molecule has 1 saturated heterocycles. The highest BCUT2D eigenvalue weighted by molar-refractivity contribution is 6.39. The average molecular weight is 443 g/mol. The number of rotatable bonds is 3. The Hall–Kier alpha value is -3.99. The highest BCUT2D eigenvalue weighted by Crippen LogP contribution is 2.34. The van der Waals surface area contributed by atoms with E-state index < -0.39 is 11.8 Å². The van der Waals surface area contributed by atoms with E-state index in [0.717, 1.165) is 29.4 Å². The van der Waals surface area contributed by atoms with Gasteiger partial charge in [0, 0.05) is 11.9 Å². The molecule has 3 aromatic rings. The standard InChI is InChI=1S/C25H26N6O2/c1-3-16-10-20(13-28-23(16)27)30-24(32)25(33)31-14-15(2)4-9-22(31)18-6-5-17-7-8-19(12-26)29-21(17)11-18/h5-8,10-11,13,15,22H,3-4,9,14H2,1-2H3,(H2,27,28)(H,30,32)/t15-,22+/m0/s1. The molecule has 3 heterocycles. The number of nitrogens with zero attached hydrogens (tertiary/aromatic N) is 4.